The van der Waals surface area contributed by atoms with Crippen molar-refractivity contribution in [1.29, 1.82) is 5.41 Å². The van der Waals surface area contributed by atoms with Gasteiger partial charge >= 0.3 is 51.4 Å². The maximum Gasteiger partial charge on any atom is 1.00 e. The van der Waals surface area contributed by atoms with Crippen molar-refractivity contribution in [2.24, 2.45) is 0 Å². The molecule has 5 nitrogen and oxygen atoms in total. The molecule has 2 aromatic heterocycles. The van der Waals surface area contributed by atoms with E-state index < -0.39 is 0 Å². The van der Waals surface area contributed by atoms with Crippen molar-refractivity contribution in [3.05, 3.63) is 41.1 Å². The van der Waals surface area contributed by atoms with Crippen LogP contribution in [0.3, 0.4) is 0 Å². The first-order valence-electron chi connectivity index (χ1n) is 5.38. The Balaban J connectivity index is 0.000000917. The summed E-state index contributed by atoms with van der Waals surface area (Å²) in [6.07, 6.45) is 5.18. The number of rotatable bonds is 3. The molecule has 0 aliphatic carbocycles. The van der Waals surface area contributed by atoms with Crippen LogP contribution >= 0.6 is 9.39 Å². The van der Waals surface area contributed by atoms with Gasteiger partial charge in [0.15, 0.2) is 0 Å². The van der Waals surface area contributed by atoms with Crippen LogP contribution in [0.1, 0.15) is 25.0 Å². The van der Waals surface area contributed by atoms with E-state index in [0.29, 0.717) is 5.71 Å². The largest absolute Gasteiger partial charge is 1.00 e. The van der Waals surface area contributed by atoms with Crippen LogP contribution in [-0.2, 0) is 0 Å². The maximum atomic E-state index is 8.00. The molecule has 18 heavy (non-hydrogen) atoms. The average molecular weight is 289 g/mol. The Kier molecular flexibility index (Phi) is 9.03. The van der Waals surface area contributed by atoms with Crippen molar-refractivity contribution < 1.29 is 51.4 Å². The van der Waals surface area contributed by atoms with Gasteiger partial charge in [0.1, 0.15) is 0 Å². The number of H-pyrrole nitrogens is 1. The molecular formula is C11H17KN5P. The van der Waals surface area contributed by atoms with Gasteiger partial charge in [0, 0.05) is 11.8 Å². The zero-order valence-electron chi connectivity index (χ0n) is 11.2. The topological polar surface area (TPSA) is 71.6 Å². The van der Waals surface area contributed by atoms with Gasteiger partial charge in [-0.05, 0) is 11.4 Å². The number of nitrogens with one attached hydrogen (secondary N) is 2. The molecule has 2 rings (SSSR count). The van der Waals surface area contributed by atoms with Gasteiger partial charge in [-0.3, -0.25) is 10.5 Å². The number of aromatic nitrogens is 3. The molecule has 0 radical (unpaired) electrons. The van der Waals surface area contributed by atoms with Crippen LogP contribution in [0.5, 0.6) is 0 Å². The summed E-state index contributed by atoms with van der Waals surface area (Å²) >= 11 is 0. The van der Waals surface area contributed by atoms with E-state index in [9.17, 15) is 0 Å². The summed E-state index contributed by atoms with van der Waals surface area (Å²) in [5.74, 6) is 0.770. The van der Waals surface area contributed by atoms with Gasteiger partial charge in [0.2, 0.25) is 0 Å². The van der Waals surface area contributed by atoms with Crippen LogP contribution < -0.4 is 51.4 Å². The fourth-order valence-corrected chi connectivity index (χ4v) is 1.75. The molecule has 1 atom stereocenters. The normalized spacial score (nSPS) is 8.89. The Hall–Kier alpha value is 0.0264. The Morgan fingerprint density at radius 1 is 1.50 bits per heavy atom. The molecule has 0 bridgehead atoms. The van der Waals surface area contributed by atoms with Gasteiger partial charge in [-0.15, -0.1) is 9.39 Å². The molecule has 0 aliphatic heterocycles. The molecule has 92 valence electrons. The molecule has 0 saturated carbocycles. The first kappa shape index (κ1) is 18.0. The fraction of sp³-hybridized carbons (Fsp3) is 0.273. The minimum absolute atomic E-state index is 0. The third kappa shape index (κ3) is 4.01. The van der Waals surface area contributed by atoms with Gasteiger partial charge in [0.05, 0.1) is 11.9 Å². The standard InChI is InChI=1S/C9H11N5P.C2H6.K/c1-11-9-7(2-3-14(9)15)8(10)6-4-12-13-5-6;1-2;/h2-5,10H,15H2,1H3,(H,12,13);1-2H3;/q-1;;+1. The van der Waals surface area contributed by atoms with E-state index in [0.717, 1.165) is 16.9 Å². The second-order valence-electron chi connectivity index (χ2n) is 3.05. The van der Waals surface area contributed by atoms with Gasteiger partial charge in [-0.2, -0.15) is 5.10 Å². The Morgan fingerprint density at radius 2 is 2.17 bits per heavy atom. The smallest absolute Gasteiger partial charge is 0.468 e. The van der Waals surface area contributed by atoms with Crippen LogP contribution in [0.2, 0.25) is 0 Å². The van der Waals surface area contributed by atoms with Gasteiger partial charge in [-0.25, -0.2) is 0 Å². The quantitative estimate of drug-likeness (QED) is 0.463. The second kappa shape index (κ2) is 9.01. The minimum Gasteiger partial charge on any atom is -0.468 e. The van der Waals surface area contributed by atoms with E-state index in [1.807, 2.05) is 30.4 Å². The van der Waals surface area contributed by atoms with Crippen LogP contribution in [0, 0.1) is 5.41 Å². The first-order chi connectivity index (χ1) is 8.24. The maximum absolute atomic E-state index is 8.00. The van der Waals surface area contributed by atoms with E-state index in [-0.39, 0.29) is 51.4 Å². The fourth-order valence-electron chi connectivity index (χ4n) is 1.41. The summed E-state index contributed by atoms with van der Waals surface area (Å²) in [7, 11) is 4.24. The van der Waals surface area contributed by atoms with Crippen molar-refractivity contribution in [2.75, 3.05) is 7.05 Å². The van der Waals surface area contributed by atoms with E-state index in [1.165, 1.54) is 0 Å². The van der Waals surface area contributed by atoms with Crippen molar-refractivity contribution in [1.82, 2.24) is 14.5 Å². The summed E-state index contributed by atoms with van der Waals surface area (Å²) in [5, 5.41) is 18.6. The SMILES string of the molecule is CC.C[N-]c1c(C(=N)c2cn[nH]c2)ccn1P.[K+]. The van der Waals surface area contributed by atoms with Crippen LogP contribution in [0.15, 0.2) is 24.7 Å². The first-order valence-corrected chi connectivity index (χ1v) is 5.90. The summed E-state index contributed by atoms with van der Waals surface area (Å²) in [6, 6.07) is 1.87. The Bertz CT molecular complexity index is 478. The van der Waals surface area contributed by atoms with Crippen molar-refractivity contribution in [2.45, 2.75) is 13.8 Å². The van der Waals surface area contributed by atoms with Gasteiger partial charge in [-0.1, -0.05) is 33.2 Å². The zero-order valence-corrected chi connectivity index (χ0v) is 15.5. The van der Waals surface area contributed by atoms with Crippen LogP contribution in [-0.4, -0.2) is 27.3 Å². The zero-order chi connectivity index (χ0) is 12.8. The molecule has 0 spiro atoms. The Morgan fingerprint density at radius 3 is 2.67 bits per heavy atom. The van der Waals surface area contributed by atoms with E-state index in [2.05, 4.69) is 24.9 Å². The third-order valence-electron chi connectivity index (χ3n) is 2.16. The predicted octanol–water partition coefficient (Wildman–Crippen LogP) is -0.0692. The number of hydrogen-bond donors (Lipinski definition) is 2. The summed E-state index contributed by atoms with van der Waals surface area (Å²) in [5.41, 5.74) is 1.98. The summed E-state index contributed by atoms with van der Waals surface area (Å²) in [4.78, 5) is 0. The summed E-state index contributed by atoms with van der Waals surface area (Å²) < 4.78 is 1.81. The molecule has 0 amide bonds. The number of nitrogens with zero attached hydrogens (tertiary/aromatic N) is 3. The van der Waals surface area contributed by atoms with Crippen molar-refractivity contribution in [3.63, 3.8) is 0 Å². The van der Waals surface area contributed by atoms with Crippen LogP contribution in [0.4, 0.5) is 5.82 Å². The molecular weight excluding hydrogens is 272 g/mol. The van der Waals surface area contributed by atoms with E-state index in [1.54, 1.807) is 19.4 Å². The van der Waals surface area contributed by atoms with Crippen molar-refractivity contribution >= 4 is 20.9 Å². The van der Waals surface area contributed by atoms with Gasteiger partial charge < -0.3 is 9.65 Å². The Labute approximate surface area is 152 Å². The molecule has 2 N–H and O–H groups in total. The van der Waals surface area contributed by atoms with E-state index >= 15 is 0 Å². The molecule has 0 saturated heterocycles. The molecule has 0 aliphatic rings. The number of hydrogen-bond acceptors (Lipinski definition) is 2. The van der Waals surface area contributed by atoms with Crippen LogP contribution in [0.25, 0.3) is 5.32 Å². The molecule has 7 heteroatoms. The third-order valence-corrected chi connectivity index (χ3v) is 2.57. The van der Waals surface area contributed by atoms with E-state index in [4.69, 9.17) is 5.41 Å². The predicted molar refractivity (Wildman–Crippen MR) is 74.3 cm³/mol. The second-order valence-corrected chi connectivity index (χ2v) is 3.60. The monoisotopic (exact) mass is 289 g/mol. The molecule has 0 aromatic carbocycles. The average Bonchev–Trinajstić information content (AvgIpc) is 2.99. The van der Waals surface area contributed by atoms with Gasteiger partial charge in [0.25, 0.3) is 0 Å². The summed E-state index contributed by atoms with van der Waals surface area (Å²) in [6.45, 7) is 4.00. The molecule has 0 fully saturated rings. The molecule has 1 unspecified atom stereocenters. The minimum atomic E-state index is 0. The van der Waals surface area contributed by atoms with Crippen molar-refractivity contribution in [3.8, 4) is 0 Å². The molecule has 2 heterocycles. The number of aromatic amines is 1. The molecule has 2 aromatic rings.